The van der Waals surface area contributed by atoms with Gasteiger partial charge in [0.05, 0.1) is 0 Å². The molecule has 5 atom stereocenters. The van der Waals surface area contributed by atoms with E-state index in [9.17, 15) is 0 Å². The van der Waals surface area contributed by atoms with Gasteiger partial charge in [-0.25, -0.2) is 0 Å². The molecule has 0 bridgehead atoms. The van der Waals surface area contributed by atoms with Crippen LogP contribution in [0, 0.1) is 22.7 Å². The molecule has 3 nitrogen and oxygen atoms in total. The Hall–Kier alpha value is -1.06. The molecule has 1 aromatic carbocycles. The number of piperidine rings is 1. The summed E-state index contributed by atoms with van der Waals surface area (Å²) in [5.41, 5.74) is 12.4. The summed E-state index contributed by atoms with van der Waals surface area (Å²) in [6.45, 7) is 6.91. The van der Waals surface area contributed by atoms with Crippen LogP contribution < -0.4 is 10.6 Å². The third-order valence-corrected chi connectivity index (χ3v) is 10.5. The van der Waals surface area contributed by atoms with Gasteiger partial charge >= 0.3 is 0 Å². The van der Waals surface area contributed by atoms with E-state index >= 15 is 0 Å². The fourth-order valence-corrected chi connectivity index (χ4v) is 8.35. The molecule has 3 heteroatoms. The van der Waals surface area contributed by atoms with Gasteiger partial charge in [0.25, 0.3) is 0 Å². The Labute approximate surface area is 182 Å². The quantitative estimate of drug-likeness (QED) is 0.688. The van der Waals surface area contributed by atoms with E-state index < -0.39 is 0 Å². The van der Waals surface area contributed by atoms with Gasteiger partial charge in [-0.1, -0.05) is 13.0 Å². The molecule has 2 heterocycles. The second kappa shape index (κ2) is 7.24. The maximum absolute atomic E-state index is 6.58. The van der Waals surface area contributed by atoms with Gasteiger partial charge in [0.15, 0.2) is 0 Å². The molecule has 0 aromatic heterocycles. The van der Waals surface area contributed by atoms with Crippen molar-refractivity contribution in [2.75, 3.05) is 31.2 Å². The smallest absolute Gasteiger partial charge is 0.0471 e. The van der Waals surface area contributed by atoms with E-state index in [1.807, 2.05) is 0 Å². The molecule has 4 fully saturated rings. The first-order valence-electron chi connectivity index (χ1n) is 12.8. The van der Waals surface area contributed by atoms with Crippen molar-refractivity contribution >= 4 is 5.69 Å². The van der Waals surface area contributed by atoms with Gasteiger partial charge in [0.2, 0.25) is 0 Å². The van der Waals surface area contributed by atoms with Gasteiger partial charge in [-0.3, -0.25) is 0 Å². The third kappa shape index (κ3) is 2.98. The molecule has 2 saturated carbocycles. The predicted molar refractivity (Wildman–Crippen MR) is 123 cm³/mol. The Morgan fingerprint density at radius 1 is 0.967 bits per heavy atom. The number of aryl methyl sites for hydroxylation is 1. The zero-order chi connectivity index (χ0) is 20.3. The van der Waals surface area contributed by atoms with Gasteiger partial charge in [-0.2, -0.15) is 0 Å². The van der Waals surface area contributed by atoms with Crippen LogP contribution in [0.25, 0.3) is 0 Å². The number of hydrogen-bond acceptors (Lipinski definition) is 3. The molecule has 3 aliphatic carbocycles. The lowest BCUT2D eigenvalue weighted by atomic mass is 9.55. The first-order chi connectivity index (χ1) is 14.6. The van der Waals surface area contributed by atoms with Gasteiger partial charge in [-0.05, 0) is 116 Å². The molecule has 2 aliphatic heterocycles. The van der Waals surface area contributed by atoms with E-state index in [0.29, 0.717) is 16.9 Å². The van der Waals surface area contributed by atoms with E-state index in [1.165, 1.54) is 83.0 Å². The molecule has 5 aliphatic rings. The van der Waals surface area contributed by atoms with Crippen molar-refractivity contribution in [3.05, 3.63) is 29.3 Å². The van der Waals surface area contributed by atoms with Crippen LogP contribution in [0.15, 0.2) is 18.2 Å². The summed E-state index contributed by atoms with van der Waals surface area (Å²) in [4.78, 5) is 2.67. The average Bonchev–Trinajstić information content (AvgIpc) is 3.09. The normalized spacial score (nSPS) is 40.0. The van der Waals surface area contributed by atoms with E-state index in [1.54, 1.807) is 11.1 Å². The molecular weight excluding hydrogens is 368 g/mol. The molecule has 2 N–H and O–H groups in total. The van der Waals surface area contributed by atoms with Crippen LogP contribution in [-0.4, -0.2) is 32.3 Å². The molecule has 30 heavy (non-hydrogen) atoms. The van der Waals surface area contributed by atoms with Gasteiger partial charge in [-0.15, -0.1) is 0 Å². The lowest BCUT2D eigenvalue weighted by Crippen LogP contribution is -2.46. The zero-order valence-electron chi connectivity index (χ0n) is 18.9. The first kappa shape index (κ1) is 19.6. The maximum atomic E-state index is 6.58. The van der Waals surface area contributed by atoms with Crippen molar-refractivity contribution in [3.63, 3.8) is 0 Å². The molecule has 0 radical (unpaired) electrons. The Morgan fingerprint density at radius 2 is 1.77 bits per heavy atom. The summed E-state index contributed by atoms with van der Waals surface area (Å²) in [6.07, 6.45) is 13.2. The summed E-state index contributed by atoms with van der Waals surface area (Å²) in [5, 5.41) is 0. The summed E-state index contributed by atoms with van der Waals surface area (Å²) >= 11 is 0. The van der Waals surface area contributed by atoms with Crippen LogP contribution in [0.1, 0.15) is 81.8 Å². The van der Waals surface area contributed by atoms with Crippen molar-refractivity contribution in [2.24, 2.45) is 28.4 Å². The topological polar surface area (TPSA) is 38.5 Å². The number of benzene rings is 1. The first-order valence-corrected chi connectivity index (χ1v) is 12.8. The highest BCUT2D eigenvalue weighted by atomic mass is 16.5. The van der Waals surface area contributed by atoms with E-state index in [0.717, 1.165) is 31.0 Å². The highest BCUT2D eigenvalue weighted by molar-refractivity contribution is 5.53. The number of ether oxygens (including phenoxy) is 1. The SMILES string of the molecule is CC12CCC3c4ccc(N5CCC6(CCOCC6)CC5)cc4CCC3C1CCC2N. The molecule has 1 aromatic rings. The number of anilines is 1. The Bertz CT molecular complexity index is 790. The van der Waals surface area contributed by atoms with Crippen molar-refractivity contribution in [1.82, 2.24) is 0 Å². The highest BCUT2D eigenvalue weighted by Crippen LogP contribution is 2.60. The highest BCUT2D eigenvalue weighted by Gasteiger charge is 2.53. The predicted octanol–water partition coefficient (Wildman–Crippen LogP) is 5.27. The number of fused-ring (bicyclic) bond motifs is 5. The summed E-state index contributed by atoms with van der Waals surface area (Å²) in [7, 11) is 0. The van der Waals surface area contributed by atoms with Crippen LogP contribution in [0.2, 0.25) is 0 Å². The number of nitrogens with two attached hydrogens (primary N) is 1. The molecule has 0 amide bonds. The summed E-state index contributed by atoms with van der Waals surface area (Å²) < 4.78 is 5.63. The minimum absolute atomic E-state index is 0.409. The van der Waals surface area contributed by atoms with Crippen molar-refractivity contribution in [3.8, 4) is 0 Å². The molecule has 1 spiro atoms. The van der Waals surface area contributed by atoms with Crippen molar-refractivity contribution < 1.29 is 4.74 Å². The minimum atomic E-state index is 0.409. The molecule has 2 saturated heterocycles. The second-order valence-electron chi connectivity index (χ2n) is 11.6. The summed E-state index contributed by atoms with van der Waals surface area (Å²) in [5.74, 6) is 2.52. The molecule has 164 valence electrons. The van der Waals surface area contributed by atoms with Crippen LogP contribution >= 0.6 is 0 Å². The Kier molecular flexibility index (Phi) is 4.73. The number of rotatable bonds is 1. The van der Waals surface area contributed by atoms with Gasteiger partial charge in [0.1, 0.15) is 0 Å². The van der Waals surface area contributed by atoms with E-state index in [-0.39, 0.29) is 0 Å². The maximum Gasteiger partial charge on any atom is 0.0471 e. The van der Waals surface area contributed by atoms with E-state index in [2.05, 4.69) is 30.0 Å². The van der Waals surface area contributed by atoms with Gasteiger partial charge in [0, 0.05) is 38.0 Å². The lowest BCUT2D eigenvalue weighted by Gasteiger charge is -2.50. The van der Waals surface area contributed by atoms with Crippen molar-refractivity contribution in [2.45, 2.75) is 83.1 Å². The van der Waals surface area contributed by atoms with Crippen LogP contribution in [0.5, 0.6) is 0 Å². The fourth-order valence-electron chi connectivity index (χ4n) is 8.35. The standard InChI is InChI=1S/C27H40N2O/c1-26-9-8-22-21-5-3-20(29-14-10-27(11-15-29)12-16-30-17-13-27)18-19(21)2-4-23(22)24(26)6-7-25(26)28/h3,5,18,22-25H,2,4,6-17,28H2,1H3. The molecule has 6 rings (SSSR count). The average molecular weight is 409 g/mol. The second-order valence-corrected chi connectivity index (χ2v) is 11.6. The largest absolute Gasteiger partial charge is 0.381 e. The molecule has 5 unspecified atom stereocenters. The Balaban J connectivity index is 1.19. The van der Waals surface area contributed by atoms with Crippen LogP contribution in [0.4, 0.5) is 5.69 Å². The molecular formula is C27H40N2O. The van der Waals surface area contributed by atoms with Crippen LogP contribution in [-0.2, 0) is 11.2 Å². The number of nitrogens with zero attached hydrogens (tertiary/aromatic N) is 1. The van der Waals surface area contributed by atoms with E-state index in [4.69, 9.17) is 10.5 Å². The lowest BCUT2D eigenvalue weighted by molar-refractivity contribution is 0.00212. The third-order valence-electron chi connectivity index (χ3n) is 10.5. The monoisotopic (exact) mass is 408 g/mol. The zero-order valence-corrected chi connectivity index (χ0v) is 18.9. The minimum Gasteiger partial charge on any atom is -0.381 e. The van der Waals surface area contributed by atoms with Crippen LogP contribution in [0.3, 0.4) is 0 Å². The fraction of sp³-hybridized carbons (Fsp3) is 0.778. The van der Waals surface area contributed by atoms with Crippen molar-refractivity contribution in [1.29, 1.82) is 0 Å². The Morgan fingerprint density at radius 3 is 2.57 bits per heavy atom. The van der Waals surface area contributed by atoms with Gasteiger partial charge < -0.3 is 15.4 Å². The summed E-state index contributed by atoms with van der Waals surface area (Å²) in [6, 6.07) is 7.99. The number of hydrogen-bond donors (Lipinski definition) is 1.